The molecular formula is C23H28N6O2. The zero-order valence-corrected chi connectivity index (χ0v) is 18.5. The van der Waals surface area contributed by atoms with Crippen molar-refractivity contribution in [2.75, 3.05) is 10.2 Å². The van der Waals surface area contributed by atoms with Gasteiger partial charge in [-0.05, 0) is 58.4 Å². The maximum atomic E-state index is 13.3. The summed E-state index contributed by atoms with van der Waals surface area (Å²) >= 11 is 0. The van der Waals surface area contributed by atoms with Gasteiger partial charge in [0.05, 0.1) is 6.21 Å². The Bertz CT molecular complexity index is 1140. The largest absolute Gasteiger partial charge is 0.351 e. The molecule has 0 bridgehead atoms. The number of para-hydroxylation sites is 1. The van der Waals surface area contributed by atoms with E-state index in [2.05, 4.69) is 20.7 Å². The van der Waals surface area contributed by atoms with Crippen LogP contribution in [0.1, 0.15) is 38.8 Å². The van der Waals surface area contributed by atoms with E-state index in [4.69, 9.17) is 4.98 Å². The molecule has 0 fully saturated rings. The molecule has 2 heterocycles. The number of nitrogens with one attached hydrogen (secondary N) is 2. The van der Waals surface area contributed by atoms with Crippen molar-refractivity contribution in [3.8, 4) is 0 Å². The number of nitrogens with zero attached hydrogens (tertiary/aromatic N) is 4. The Morgan fingerprint density at radius 3 is 2.42 bits per heavy atom. The van der Waals surface area contributed by atoms with Crippen LogP contribution in [0.3, 0.4) is 0 Å². The lowest BCUT2D eigenvalue weighted by Gasteiger charge is -2.32. The van der Waals surface area contributed by atoms with E-state index in [1.165, 1.54) is 10.6 Å². The Kier molecular flexibility index (Phi) is 6.69. The highest BCUT2D eigenvalue weighted by molar-refractivity contribution is 5.91. The molecule has 0 radical (unpaired) electrons. The van der Waals surface area contributed by atoms with Gasteiger partial charge in [0.25, 0.3) is 5.56 Å². The topological polar surface area (TPSA) is 91.1 Å². The third-order valence-corrected chi connectivity index (χ3v) is 4.73. The number of amides is 2. The van der Waals surface area contributed by atoms with Crippen LogP contribution in [0.4, 0.5) is 16.3 Å². The zero-order chi connectivity index (χ0) is 22.5. The number of hydrogen-bond donors (Lipinski definition) is 2. The molecule has 2 amide bonds. The van der Waals surface area contributed by atoms with Gasteiger partial charge in [-0.25, -0.2) is 15.2 Å². The number of hydrazone groups is 1. The standard InChI is InChI=1S/C23H28N6O2/c1-15(2)29(16(3)4)21-19(22(30)28-14-17(5)11-12-20(28)26-21)13-24-27-23(31)25-18-9-7-6-8-10-18/h6-16H,1-5H3,(H2,25,27,31)/b24-13+. The summed E-state index contributed by atoms with van der Waals surface area (Å²) in [4.78, 5) is 32.2. The van der Waals surface area contributed by atoms with Gasteiger partial charge in [0, 0.05) is 24.0 Å². The lowest BCUT2D eigenvalue weighted by atomic mass is 10.2. The number of benzene rings is 1. The summed E-state index contributed by atoms with van der Waals surface area (Å²) in [6.45, 7) is 10.1. The van der Waals surface area contributed by atoms with E-state index >= 15 is 0 Å². The van der Waals surface area contributed by atoms with E-state index in [9.17, 15) is 9.59 Å². The Labute approximate surface area is 181 Å². The molecule has 0 aliphatic rings. The normalized spacial score (nSPS) is 11.5. The van der Waals surface area contributed by atoms with Crippen molar-refractivity contribution in [2.45, 2.75) is 46.7 Å². The first kappa shape index (κ1) is 22.0. The summed E-state index contributed by atoms with van der Waals surface area (Å²) in [6, 6.07) is 12.5. The van der Waals surface area contributed by atoms with Crippen molar-refractivity contribution in [2.24, 2.45) is 5.10 Å². The average molecular weight is 421 g/mol. The summed E-state index contributed by atoms with van der Waals surface area (Å²) in [5.74, 6) is 0.535. The molecule has 0 atom stereocenters. The van der Waals surface area contributed by atoms with E-state index in [0.717, 1.165) is 5.56 Å². The summed E-state index contributed by atoms with van der Waals surface area (Å²) in [6.07, 6.45) is 3.11. The minimum absolute atomic E-state index is 0.112. The fraction of sp³-hybridized carbons (Fsp3) is 0.304. The number of carbonyl (C=O) groups excluding carboxylic acids is 1. The molecule has 31 heavy (non-hydrogen) atoms. The number of anilines is 2. The van der Waals surface area contributed by atoms with Gasteiger partial charge in [-0.2, -0.15) is 5.10 Å². The predicted molar refractivity (Wildman–Crippen MR) is 125 cm³/mol. The Balaban J connectivity index is 1.99. The second-order valence-electron chi connectivity index (χ2n) is 7.87. The van der Waals surface area contributed by atoms with E-state index in [1.54, 1.807) is 18.3 Å². The molecular weight excluding hydrogens is 392 g/mol. The lowest BCUT2D eigenvalue weighted by molar-refractivity contribution is 0.252. The number of fused-ring (bicyclic) bond motifs is 1. The number of urea groups is 1. The second-order valence-corrected chi connectivity index (χ2v) is 7.87. The average Bonchev–Trinajstić information content (AvgIpc) is 2.71. The molecule has 3 aromatic rings. The second kappa shape index (κ2) is 9.42. The van der Waals surface area contributed by atoms with Crippen LogP contribution in [0.25, 0.3) is 5.65 Å². The molecule has 8 nitrogen and oxygen atoms in total. The maximum Gasteiger partial charge on any atom is 0.339 e. The minimum atomic E-state index is -0.502. The van der Waals surface area contributed by atoms with Crippen molar-refractivity contribution in [1.29, 1.82) is 0 Å². The number of carbonyl (C=O) groups is 1. The Hall–Kier alpha value is -3.68. The zero-order valence-electron chi connectivity index (χ0n) is 18.5. The fourth-order valence-corrected chi connectivity index (χ4v) is 3.48. The highest BCUT2D eigenvalue weighted by Crippen LogP contribution is 2.21. The summed E-state index contributed by atoms with van der Waals surface area (Å²) < 4.78 is 1.50. The van der Waals surface area contributed by atoms with E-state index < -0.39 is 6.03 Å². The monoisotopic (exact) mass is 420 g/mol. The molecule has 0 aliphatic heterocycles. The molecule has 0 saturated carbocycles. The third-order valence-electron chi connectivity index (χ3n) is 4.73. The van der Waals surface area contributed by atoms with Crippen LogP contribution >= 0.6 is 0 Å². The molecule has 0 aliphatic carbocycles. The smallest absolute Gasteiger partial charge is 0.339 e. The van der Waals surface area contributed by atoms with Gasteiger partial charge in [-0.15, -0.1) is 0 Å². The van der Waals surface area contributed by atoms with Crippen LogP contribution in [0, 0.1) is 6.92 Å². The highest BCUT2D eigenvalue weighted by atomic mass is 16.2. The van der Waals surface area contributed by atoms with Gasteiger partial charge in [0.1, 0.15) is 17.0 Å². The van der Waals surface area contributed by atoms with Crippen molar-refractivity contribution >= 4 is 29.4 Å². The van der Waals surface area contributed by atoms with Gasteiger partial charge >= 0.3 is 6.03 Å². The molecule has 2 aromatic heterocycles. The molecule has 0 unspecified atom stereocenters. The van der Waals surface area contributed by atoms with Gasteiger partial charge in [-0.3, -0.25) is 9.20 Å². The SMILES string of the molecule is Cc1ccc2nc(N(C(C)C)C(C)C)c(/C=N/NC(=O)Nc3ccccc3)c(=O)n2c1. The molecule has 2 N–H and O–H groups in total. The van der Waals surface area contributed by atoms with Gasteiger partial charge in [-0.1, -0.05) is 24.3 Å². The van der Waals surface area contributed by atoms with Crippen molar-refractivity contribution in [3.63, 3.8) is 0 Å². The molecule has 8 heteroatoms. The van der Waals surface area contributed by atoms with E-state index in [0.29, 0.717) is 22.7 Å². The molecule has 1 aromatic carbocycles. The van der Waals surface area contributed by atoms with Crippen molar-refractivity contribution in [1.82, 2.24) is 14.8 Å². The minimum Gasteiger partial charge on any atom is -0.351 e. The quantitative estimate of drug-likeness (QED) is 0.469. The van der Waals surface area contributed by atoms with Crippen LogP contribution in [0.15, 0.2) is 58.6 Å². The van der Waals surface area contributed by atoms with Crippen LogP contribution in [-0.2, 0) is 0 Å². The molecule has 0 spiro atoms. The number of aryl methyl sites for hydroxylation is 1. The van der Waals surface area contributed by atoms with E-state index in [-0.39, 0.29) is 17.6 Å². The third kappa shape index (κ3) is 5.09. The van der Waals surface area contributed by atoms with Crippen LogP contribution in [0.5, 0.6) is 0 Å². The van der Waals surface area contributed by atoms with Gasteiger partial charge < -0.3 is 10.2 Å². The van der Waals surface area contributed by atoms with Crippen molar-refractivity contribution < 1.29 is 4.79 Å². The number of hydrogen-bond acceptors (Lipinski definition) is 5. The highest BCUT2D eigenvalue weighted by Gasteiger charge is 2.22. The first-order chi connectivity index (χ1) is 14.8. The summed E-state index contributed by atoms with van der Waals surface area (Å²) in [7, 11) is 0. The number of aromatic nitrogens is 2. The van der Waals surface area contributed by atoms with Crippen LogP contribution in [0.2, 0.25) is 0 Å². The predicted octanol–water partition coefficient (Wildman–Crippen LogP) is 3.78. The lowest BCUT2D eigenvalue weighted by Crippen LogP contribution is -2.40. The molecule has 3 rings (SSSR count). The first-order valence-corrected chi connectivity index (χ1v) is 10.2. The summed E-state index contributed by atoms with van der Waals surface area (Å²) in [5.41, 5.74) is 4.62. The molecule has 0 saturated heterocycles. The summed E-state index contributed by atoms with van der Waals surface area (Å²) in [5, 5.41) is 6.70. The van der Waals surface area contributed by atoms with Crippen molar-refractivity contribution in [3.05, 3.63) is 70.1 Å². The number of rotatable bonds is 6. The van der Waals surface area contributed by atoms with Gasteiger partial charge in [0.2, 0.25) is 0 Å². The van der Waals surface area contributed by atoms with Crippen LogP contribution < -0.4 is 21.2 Å². The molecule has 162 valence electrons. The van der Waals surface area contributed by atoms with E-state index in [1.807, 2.05) is 65.0 Å². The maximum absolute atomic E-state index is 13.3. The Morgan fingerprint density at radius 1 is 1.10 bits per heavy atom. The first-order valence-electron chi connectivity index (χ1n) is 10.2. The van der Waals surface area contributed by atoms with Crippen LogP contribution in [-0.4, -0.2) is 33.7 Å². The Morgan fingerprint density at radius 2 is 1.77 bits per heavy atom. The number of pyridine rings is 1. The van der Waals surface area contributed by atoms with Gasteiger partial charge in [0.15, 0.2) is 0 Å². The fourth-order valence-electron chi connectivity index (χ4n) is 3.48.